The minimum Gasteiger partial charge on any atom is -0.381 e. The highest BCUT2D eigenvalue weighted by Crippen LogP contribution is 2.18. The molecule has 126 valence electrons. The first-order valence-electron chi connectivity index (χ1n) is 8.93. The molecule has 0 aromatic heterocycles. The fourth-order valence-electron chi connectivity index (χ4n) is 2.28. The zero-order valence-electron chi connectivity index (χ0n) is 16.1. The van der Waals surface area contributed by atoms with E-state index in [4.69, 9.17) is 0 Å². The second-order valence-corrected chi connectivity index (χ2v) is 6.16. The third-order valence-electron chi connectivity index (χ3n) is 4.04. The van der Waals surface area contributed by atoms with Gasteiger partial charge in [-0.25, -0.2) is 0 Å². The molecule has 1 unspecified atom stereocenters. The molecule has 0 aliphatic rings. The quantitative estimate of drug-likeness (QED) is 0.333. The Kier molecular flexibility index (Phi) is 16.8. The number of hydrogen-bond acceptors (Lipinski definition) is 1. The van der Waals surface area contributed by atoms with E-state index in [1.165, 1.54) is 44.2 Å². The van der Waals surface area contributed by atoms with E-state index in [-0.39, 0.29) is 0 Å². The van der Waals surface area contributed by atoms with Gasteiger partial charge in [0.25, 0.3) is 0 Å². The molecule has 0 aliphatic heterocycles. The molecule has 0 saturated carbocycles. The topological polar surface area (TPSA) is 3.24 Å². The lowest BCUT2D eigenvalue weighted by Gasteiger charge is -2.13. The predicted molar refractivity (Wildman–Crippen MR) is 99.7 cm³/mol. The van der Waals surface area contributed by atoms with E-state index in [1.807, 2.05) is 0 Å². The molecule has 0 bridgehead atoms. The van der Waals surface area contributed by atoms with Crippen molar-refractivity contribution in [2.45, 2.75) is 86.5 Å². The summed E-state index contributed by atoms with van der Waals surface area (Å²) < 4.78 is 0. The average molecular weight is 296 g/mol. The van der Waals surface area contributed by atoms with E-state index in [2.05, 4.69) is 72.7 Å². The molecule has 0 amide bonds. The van der Waals surface area contributed by atoms with Gasteiger partial charge in [-0.15, -0.1) is 0 Å². The molecular formula is C20H41N. The molecule has 0 aromatic carbocycles. The van der Waals surface area contributed by atoms with E-state index in [1.54, 1.807) is 5.57 Å². The van der Waals surface area contributed by atoms with Gasteiger partial charge in [-0.3, -0.25) is 0 Å². The van der Waals surface area contributed by atoms with Gasteiger partial charge in [-0.1, -0.05) is 71.1 Å². The molecule has 0 saturated heterocycles. The Bertz CT molecular complexity index is 274. The molecule has 0 rings (SSSR count). The number of rotatable bonds is 9. The Hall–Kier alpha value is -0.720. The van der Waals surface area contributed by atoms with Crippen molar-refractivity contribution in [3.63, 3.8) is 0 Å². The van der Waals surface area contributed by atoms with Crippen molar-refractivity contribution in [2.75, 3.05) is 14.1 Å². The average Bonchev–Trinajstić information content (AvgIpc) is 2.46. The largest absolute Gasteiger partial charge is 0.381 e. The smallest absolute Gasteiger partial charge is 0.00813 e. The molecule has 1 nitrogen and oxygen atoms in total. The van der Waals surface area contributed by atoms with Gasteiger partial charge in [0.15, 0.2) is 0 Å². The molecule has 0 spiro atoms. The van der Waals surface area contributed by atoms with Crippen LogP contribution in [0.3, 0.4) is 0 Å². The summed E-state index contributed by atoms with van der Waals surface area (Å²) in [6, 6.07) is 0. The normalized spacial score (nSPS) is 13.5. The van der Waals surface area contributed by atoms with E-state index in [0.717, 1.165) is 12.3 Å². The minimum atomic E-state index is 0.804. The molecule has 21 heavy (non-hydrogen) atoms. The zero-order chi connectivity index (χ0) is 16.7. The highest BCUT2D eigenvalue weighted by molar-refractivity contribution is 5.01. The molecule has 0 heterocycles. The third-order valence-corrected chi connectivity index (χ3v) is 4.04. The maximum Gasteiger partial charge on any atom is 0.00813 e. The lowest BCUT2D eigenvalue weighted by atomic mass is 9.95. The van der Waals surface area contributed by atoms with Crippen molar-refractivity contribution in [2.24, 2.45) is 5.92 Å². The Balaban J connectivity index is 0. The summed E-state index contributed by atoms with van der Waals surface area (Å²) in [6.07, 6.45) is 13.7. The summed E-state index contributed by atoms with van der Waals surface area (Å²) in [6.45, 7) is 13.4. The van der Waals surface area contributed by atoms with Crippen molar-refractivity contribution < 1.29 is 0 Å². The molecule has 0 fully saturated rings. The first kappa shape index (κ1) is 22.6. The Morgan fingerprint density at radius 1 is 1.05 bits per heavy atom. The lowest BCUT2D eigenvalue weighted by molar-refractivity contribution is 0.493. The maximum atomic E-state index is 2.41. The van der Waals surface area contributed by atoms with Gasteiger partial charge in [0.05, 0.1) is 0 Å². The lowest BCUT2D eigenvalue weighted by Crippen LogP contribution is -2.09. The van der Waals surface area contributed by atoms with E-state index < -0.39 is 0 Å². The van der Waals surface area contributed by atoms with E-state index in [9.17, 15) is 0 Å². The van der Waals surface area contributed by atoms with Crippen LogP contribution in [-0.2, 0) is 0 Å². The van der Waals surface area contributed by atoms with Crippen LogP contribution in [0.2, 0.25) is 0 Å². The molecule has 0 aromatic rings. The predicted octanol–water partition coefficient (Wildman–Crippen LogP) is 6.81. The standard InChI is InChI=1S/C13H26.C7H15N/c1-5-7-9-11-13(4)12(3)10-8-6-2;1-5-7(6-2)8(3)4/h10,13H,5-9,11H2,1-4H3;5H,6H2,1-4H3/b12-10+;7-5+. The van der Waals surface area contributed by atoms with Crippen LogP contribution >= 0.6 is 0 Å². The highest BCUT2D eigenvalue weighted by Gasteiger charge is 2.02. The van der Waals surface area contributed by atoms with Crippen molar-refractivity contribution in [1.82, 2.24) is 4.90 Å². The summed E-state index contributed by atoms with van der Waals surface area (Å²) in [5, 5.41) is 0. The van der Waals surface area contributed by atoms with Gasteiger partial charge < -0.3 is 4.90 Å². The molecular weight excluding hydrogens is 254 g/mol. The maximum absolute atomic E-state index is 2.41. The van der Waals surface area contributed by atoms with Gasteiger partial charge in [0.1, 0.15) is 0 Å². The monoisotopic (exact) mass is 295 g/mol. The second-order valence-electron chi connectivity index (χ2n) is 6.16. The van der Waals surface area contributed by atoms with Crippen LogP contribution in [0.25, 0.3) is 0 Å². The van der Waals surface area contributed by atoms with Gasteiger partial charge in [0.2, 0.25) is 0 Å². The summed E-state index contributed by atoms with van der Waals surface area (Å²) in [4.78, 5) is 2.14. The zero-order valence-corrected chi connectivity index (χ0v) is 16.1. The van der Waals surface area contributed by atoms with Crippen LogP contribution in [-0.4, -0.2) is 19.0 Å². The van der Waals surface area contributed by atoms with Crippen molar-refractivity contribution >= 4 is 0 Å². The summed E-state index contributed by atoms with van der Waals surface area (Å²) in [7, 11) is 4.14. The first-order valence-corrected chi connectivity index (χ1v) is 8.93. The van der Waals surface area contributed by atoms with E-state index in [0.29, 0.717) is 0 Å². The van der Waals surface area contributed by atoms with Crippen LogP contribution in [0.4, 0.5) is 0 Å². The Morgan fingerprint density at radius 2 is 1.67 bits per heavy atom. The van der Waals surface area contributed by atoms with Crippen molar-refractivity contribution in [3.05, 3.63) is 23.4 Å². The fourth-order valence-corrected chi connectivity index (χ4v) is 2.28. The molecule has 0 N–H and O–H groups in total. The van der Waals surface area contributed by atoms with E-state index >= 15 is 0 Å². The summed E-state index contributed by atoms with van der Waals surface area (Å²) >= 11 is 0. The fraction of sp³-hybridized carbons (Fsp3) is 0.800. The van der Waals surface area contributed by atoms with Gasteiger partial charge >= 0.3 is 0 Å². The molecule has 1 heteroatoms. The van der Waals surface area contributed by atoms with Gasteiger partial charge in [-0.2, -0.15) is 0 Å². The van der Waals surface area contributed by atoms with Gasteiger partial charge in [-0.05, 0) is 39.0 Å². The van der Waals surface area contributed by atoms with Crippen molar-refractivity contribution in [1.29, 1.82) is 0 Å². The Labute approximate surface area is 135 Å². The molecule has 0 aliphatic carbocycles. The first-order chi connectivity index (χ1) is 9.94. The summed E-state index contributed by atoms with van der Waals surface area (Å²) in [5.74, 6) is 0.804. The number of hydrogen-bond donors (Lipinski definition) is 0. The molecule has 0 radical (unpaired) electrons. The van der Waals surface area contributed by atoms with Crippen LogP contribution in [0, 0.1) is 5.92 Å². The number of unbranched alkanes of at least 4 members (excludes halogenated alkanes) is 3. The van der Waals surface area contributed by atoms with Crippen LogP contribution in [0.15, 0.2) is 23.4 Å². The summed E-state index contributed by atoms with van der Waals surface area (Å²) in [5.41, 5.74) is 2.99. The highest BCUT2D eigenvalue weighted by atomic mass is 15.1. The van der Waals surface area contributed by atoms with Crippen LogP contribution < -0.4 is 0 Å². The van der Waals surface area contributed by atoms with Crippen molar-refractivity contribution in [3.8, 4) is 0 Å². The number of nitrogens with zero attached hydrogens (tertiary/aromatic N) is 1. The minimum absolute atomic E-state index is 0.804. The second kappa shape index (κ2) is 15.7. The SMILES string of the molecule is C/C=C(\CC)N(C)C.CCC/C=C(\C)C(C)CCCCC. The van der Waals surface area contributed by atoms with Gasteiger partial charge in [0, 0.05) is 19.8 Å². The van der Waals surface area contributed by atoms with Crippen LogP contribution in [0.1, 0.15) is 86.5 Å². The molecule has 1 atom stereocenters. The Morgan fingerprint density at radius 3 is 2.00 bits per heavy atom. The third kappa shape index (κ3) is 14.0. The number of allylic oxidation sites excluding steroid dienone is 4. The van der Waals surface area contributed by atoms with Crippen LogP contribution in [0.5, 0.6) is 0 Å².